The highest BCUT2D eigenvalue weighted by molar-refractivity contribution is 5.77. The summed E-state index contributed by atoms with van der Waals surface area (Å²) in [5, 5.41) is 3.83. The standard InChI is InChI=1S/C17H22N4O2/c1-18-13-5-4-9-20(11-13)16(22)8-10-21-12-19-15-7-3-2-6-14(15)17(21)23/h2-3,6-7,12-13,18H,4-5,8-11H2,1H3. The predicted molar refractivity (Wildman–Crippen MR) is 89.3 cm³/mol. The van der Waals surface area contributed by atoms with Crippen molar-refractivity contribution in [3.63, 3.8) is 0 Å². The molecule has 1 aromatic heterocycles. The molecule has 1 fully saturated rings. The van der Waals surface area contributed by atoms with Crippen LogP contribution in [0, 0.1) is 0 Å². The summed E-state index contributed by atoms with van der Waals surface area (Å²) >= 11 is 0. The van der Waals surface area contributed by atoms with E-state index in [4.69, 9.17) is 0 Å². The zero-order valence-electron chi connectivity index (χ0n) is 13.4. The number of carbonyl (C=O) groups excluding carboxylic acids is 1. The van der Waals surface area contributed by atoms with Crippen molar-refractivity contribution in [1.29, 1.82) is 0 Å². The molecule has 0 bridgehead atoms. The number of para-hydroxylation sites is 1. The van der Waals surface area contributed by atoms with Crippen molar-refractivity contribution in [3.8, 4) is 0 Å². The summed E-state index contributed by atoms with van der Waals surface area (Å²) in [4.78, 5) is 31.0. The molecule has 2 aromatic rings. The Morgan fingerprint density at radius 3 is 3.04 bits per heavy atom. The van der Waals surface area contributed by atoms with E-state index in [-0.39, 0.29) is 11.5 Å². The lowest BCUT2D eigenvalue weighted by Gasteiger charge is -2.32. The fourth-order valence-electron chi connectivity index (χ4n) is 3.08. The summed E-state index contributed by atoms with van der Waals surface area (Å²) in [7, 11) is 1.93. The number of benzene rings is 1. The first-order chi connectivity index (χ1) is 11.2. The van der Waals surface area contributed by atoms with Gasteiger partial charge in [-0.25, -0.2) is 4.98 Å². The number of nitrogens with one attached hydrogen (secondary N) is 1. The Hall–Kier alpha value is -2.21. The number of fused-ring (bicyclic) bond motifs is 1. The molecule has 0 spiro atoms. The summed E-state index contributed by atoms with van der Waals surface area (Å²) in [6.45, 7) is 1.93. The molecule has 1 atom stereocenters. The van der Waals surface area contributed by atoms with Gasteiger partial charge in [0, 0.05) is 32.1 Å². The highest BCUT2D eigenvalue weighted by Gasteiger charge is 2.22. The molecule has 1 amide bonds. The van der Waals surface area contributed by atoms with Crippen molar-refractivity contribution in [1.82, 2.24) is 19.8 Å². The van der Waals surface area contributed by atoms with Crippen LogP contribution in [0.5, 0.6) is 0 Å². The van der Waals surface area contributed by atoms with Gasteiger partial charge in [-0.15, -0.1) is 0 Å². The van der Waals surface area contributed by atoms with E-state index in [1.54, 1.807) is 6.07 Å². The van der Waals surface area contributed by atoms with Crippen LogP contribution < -0.4 is 10.9 Å². The third kappa shape index (κ3) is 3.42. The number of hydrogen-bond donors (Lipinski definition) is 1. The molecule has 2 heterocycles. The number of carbonyl (C=O) groups is 1. The third-order valence-electron chi connectivity index (χ3n) is 4.48. The van der Waals surface area contributed by atoms with Crippen LogP contribution in [0.25, 0.3) is 10.9 Å². The highest BCUT2D eigenvalue weighted by atomic mass is 16.2. The van der Waals surface area contributed by atoms with E-state index in [0.29, 0.717) is 29.9 Å². The van der Waals surface area contributed by atoms with Crippen LogP contribution in [0.4, 0.5) is 0 Å². The fraction of sp³-hybridized carbons (Fsp3) is 0.471. The SMILES string of the molecule is CNC1CCCN(C(=O)CCn2cnc3ccccc3c2=O)C1. The van der Waals surface area contributed by atoms with Crippen molar-refractivity contribution in [2.45, 2.75) is 31.8 Å². The lowest BCUT2D eigenvalue weighted by Crippen LogP contribution is -2.47. The van der Waals surface area contributed by atoms with E-state index in [1.165, 1.54) is 10.9 Å². The van der Waals surface area contributed by atoms with Gasteiger partial charge in [-0.05, 0) is 32.0 Å². The highest BCUT2D eigenvalue weighted by Crippen LogP contribution is 2.11. The molecule has 23 heavy (non-hydrogen) atoms. The van der Waals surface area contributed by atoms with E-state index in [0.717, 1.165) is 25.9 Å². The zero-order chi connectivity index (χ0) is 16.2. The molecule has 1 N–H and O–H groups in total. The summed E-state index contributed by atoms with van der Waals surface area (Å²) in [6, 6.07) is 7.64. The molecule has 6 nitrogen and oxygen atoms in total. The van der Waals surface area contributed by atoms with Gasteiger partial charge in [0.1, 0.15) is 0 Å². The summed E-state index contributed by atoms with van der Waals surface area (Å²) < 4.78 is 1.53. The number of hydrogen-bond acceptors (Lipinski definition) is 4. The molecule has 1 saturated heterocycles. The Balaban J connectivity index is 1.67. The molecular weight excluding hydrogens is 292 g/mol. The van der Waals surface area contributed by atoms with Crippen LogP contribution in [0.3, 0.4) is 0 Å². The molecule has 1 unspecified atom stereocenters. The normalized spacial score (nSPS) is 18.3. The third-order valence-corrected chi connectivity index (χ3v) is 4.48. The number of likely N-dealkylation sites (tertiary alicyclic amines) is 1. The quantitative estimate of drug-likeness (QED) is 0.914. The van der Waals surface area contributed by atoms with Crippen LogP contribution in [0.2, 0.25) is 0 Å². The maximum absolute atomic E-state index is 12.4. The molecule has 1 aliphatic heterocycles. The van der Waals surface area contributed by atoms with Crippen LogP contribution in [-0.2, 0) is 11.3 Å². The van der Waals surface area contributed by atoms with Crippen molar-refractivity contribution < 1.29 is 4.79 Å². The number of nitrogens with zero attached hydrogens (tertiary/aromatic N) is 3. The smallest absolute Gasteiger partial charge is 0.261 e. The van der Waals surface area contributed by atoms with Crippen molar-refractivity contribution >= 4 is 16.8 Å². The van der Waals surface area contributed by atoms with Gasteiger partial charge in [-0.1, -0.05) is 12.1 Å². The number of aromatic nitrogens is 2. The summed E-state index contributed by atoms with van der Waals surface area (Å²) in [5.74, 6) is 0.102. The van der Waals surface area contributed by atoms with Gasteiger partial charge in [0.25, 0.3) is 5.56 Å². The minimum Gasteiger partial charge on any atom is -0.341 e. The average molecular weight is 314 g/mol. The first-order valence-electron chi connectivity index (χ1n) is 8.08. The zero-order valence-corrected chi connectivity index (χ0v) is 13.4. The minimum absolute atomic E-state index is 0.0878. The lowest BCUT2D eigenvalue weighted by molar-refractivity contribution is -0.132. The predicted octanol–water partition coefficient (Wildman–Crippen LogP) is 0.997. The average Bonchev–Trinajstić information content (AvgIpc) is 2.61. The van der Waals surface area contributed by atoms with Crippen LogP contribution >= 0.6 is 0 Å². The molecule has 6 heteroatoms. The first-order valence-corrected chi connectivity index (χ1v) is 8.08. The Morgan fingerprint density at radius 2 is 2.22 bits per heavy atom. The van der Waals surface area contributed by atoms with Crippen LogP contribution in [-0.4, -0.2) is 46.5 Å². The van der Waals surface area contributed by atoms with Gasteiger partial charge in [0.15, 0.2) is 0 Å². The van der Waals surface area contributed by atoms with E-state index in [2.05, 4.69) is 10.3 Å². The maximum Gasteiger partial charge on any atom is 0.261 e. The monoisotopic (exact) mass is 314 g/mol. The second kappa shape index (κ2) is 6.91. The molecule has 0 radical (unpaired) electrons. The van der Waals surface area contributed by atoms with Gasteiger partial charge < -0.3 is 10.2 Å². The Kier molecular flexibility index (Phi) is 4.71. The maximum atomic E-state index is 12.4. The number of rotatable bonds is 4. The van der Waals surface area contributed by atoms with Gasteiger partial charge in [0.05, 0.1) is 17.2 Å². The van der Waals surface area contributed by atoms with E-state index >= 15 is 0 Å². The summed E-state index contributed by atoms with van der Waals surface area (Å²) in [5.41, 5.74) is 0.600. The van der Waals surface area contributed by atoms with Crippen LogP contribution in [0.15, 0.2) is 35.4 Å². The van der Waals surface area contributed by atoms with E-state index in [9.17, 15) is 9.59 Å². The number of amides is 1. The molecule has 1 aromatic carbocycles. The van der Waals surface area contributed by atoms with Crippen molar-refractivity contribution in [3.05, 3.63) is 40.9 Å². The lowest BCUT2D eigenvalue weighted by atomic mass is 10.1. The molecule has 3 rings (SSSR count). The Labute approximate surface area is 135 Å². The molecule has 0 aliphatic carbocycles. The number of piperidine rings is 1. The molecule has 122 valence electrons. The molecule has 0 saturated carbocycles. The molecule has 1 aliphatic rings. The van der Waals surface area contributed by atoms with E-state index in [1.807, 2.05) is 30.1 Å². The van der Waals surface area contributed by atoms with Gasteiger partial charge >= 0.3 is 0 Å². The van der Waals surface area contributed by atoms with Crippen molar-refractivity contribution in [2.75, 3.05) is 20.1 Å². The number of likely N-dealkylation sites (N-methyl/N-ethyl adjacent to an activating group) is 1. The van der Waals surface area contributed by atoms with Gasteiger partial charge in [0.2, 0.25) is 5.91 Å². The number of aryl methyl sites for hydroxylation is 1. The minimum atomic E-state index is -0.0878. The van der Waals surface area contributed by atoms with Gasteiger partial charge in [-0.2, -0.15) is 0 Å². The first kappa shape index (κ1) is 15.7. The van der Waals surface area contributed by atoms with Crippen LogP contribution in [0.1, 0.15) is 19.3 Å². The molecular formula is C17H22N4O2. The van der Waals surface area contributed by atoms with E-state index < -0.39 is 0 Å². The topological polar surface area (TPSA) is 67.2 Å². The second-order valence-corrected chi connectivity index (χ2v) is 5.98. The van der Waals surface area contributed by atoms with Gasteiger partial charge in [-0.3, -0.25) is 14.2 Å². The fourth-order valence-corrected chi connectivity index (χ4v) is 3.08. The summed E-state index contributed by atoms with van der Waals surface area (Å²) in [6.07, 6.45) is 3.99. The Bertz CT molecular complexity index is 756. The largest absolute Gasteiger partial charge is 0.341 e. The van der Waals surface area contributed by atoms with Crippen molar-refractivity contribution in [2.24, 2.45) is 0 Å². The second-order valence-electron chi connectivity index (χ2n) is 5.98. The Morgan fingerprint density at radius 1 is 1.39 bits per heavy atom.